The van der Waals surface area contributed by atoms with Crippen molar-refractivity contribution in [3.05, 3.63) is 12.2 Å². The molecular formula is C14H25F3OSi. The first-order valence-corrected chi connectivity index (χ1v) is 8.91. The van der Waals surface area contributed by atoms with Crippen molar-refractivity contribution in [1.82, 2.24) is 0 Å². The fraction of sp³-hybridized carbons (Fsp3) is 0.857. The Hall–Kier alpha value is -0.293. The van der Waals surface area contributed by atoms with Crippen molar-refractivity contribution in [3.8, 4) is 0 Å². The number of hydrogen-bond acceptors (Lipinski definition) is 1. The topological polar surface area (TPSA) is 9.23 Å². The maximum atomic E-state index is 12.3. The van der Waals surface area contributed by atoms with E-state index in [1.807, 2.05) is 0 Å². The summed E-state index contributed by atoms with van der Waals surface area (Å²) < 4.78 is 42.7. The number of hydrogen-bond donors (Lipinski definition) is 0. The third kappa shape index (κ3) is 7.16. The molecule has 0 amide bonds. The molecule has 1 unspecified atom stereocenters. The molecule has 0 bridgehead atoms. The van der Waals surface area contributed by atoms with Crippen LogP contribution >= 0.6 is 0 Å². The Balaban J connectivity index is 2.50. The Bertz CT molecular complexity index is 281. The zero-order chi connectivity index (χ0) is 14.4. The van der Waals surface area contributed by atoms with Crippen molar-refractivity contribution >= 4 is 9.52 Å². The van der Waals surface area contributed by atoms with Crippen LogP contribution in [-0.4, -0.2) is 27.5 Å². The highest BCUT2D eigenvalue weighted by Crippen LogP contribution is 2.31. The molecule has 19 heavy (non-hydrogen) atoms. The molecule has 1 heterocycles. The minimum Gasteiger partial charge on any atom is -0.379 e. The number of allylic oxidation sites excluding steroid dienone is 1. The molecule has 1 aliphatic heterocycles. The summed E-state index contributed by atoms with van der Waals surface area (Å²) in [6.45, 7) is 4.92. The molecule has 1 atom stereocenters. The van der Waals surface area contributed by atoms with Crippen LogP contribution in [0.15, 0.2) is 12.2 Å². The van der Waals surface area contributed by atoms with Crippen LogP contribution in [0.25, 0.3) is 0 Å². The molecule has 1 aliphatic rings. The van der Waals surface area contributed by atoms with Crippen LogP contribution in [0.2, 0.25) is 6.04 Å². The van der Waals surface area contributed by atoms with Gasteiger partial charge < -0.3 is 4.74 Å². The normalized spacial score (nSPS) is 26.0. The smallest absolute Gasteiger partial charge is 0.379 e. The Kier molecular flexibility index (Phi) is 6.60. The molecule has 1 rings (SSSR count). The number of rotatable bonds is 6. The Morgan fingerprint density at radius 3 is 2.58 bits per heavy atom. The standard InChI is InChI=1S/C14H25F3OSi/c1-12(2)6-5-8-13(7-3-4-10-18-13)19-11-9-14(15,16)17/h5-6,12H,3-4,7-11,19H2,1-2H3. The molecule has 0 radical (unpaired) electrons. The van der Waals surface area contributed by atoms with E-state index in [1.165, 1.54) is 0 Å². The molecule has 1 fully saturated rings. The van der Waals surface area contributed by atoms with Gasteiger partial charge in [-0.3, -0.25) is 0 Å². The molecule has 0 aromatic heterocycles. The summed E-state index contributed by atoms with van der Waals surface area (Å²) in [5.74, 6) is 0.484. The summed E-state index contributed by atoms with van der Waals surface area (Å²) >= 11 is 0. The van der Waals surface area contributed by atoms with Crippen LogP contribution in [0.1, 0.15) is 46.0 Å². The maximum absolute atomic E-state index is 12.3. The van der Waals surface area contributed by atoms with E-state index < -0.39 is 22.1 Å². The van der Waals surface area contributed by atoms with Gasteiger partial charge >= 0.3 is 6.18 Å². The second kappa shape index (κ2) is 7.48. The summed E-state index contributed by atoms with van der Waals surface area (Å²) in [6.07, 6.45) is 3.45. The van der Waals surface area contributed by atoms with Gasteiger partial charge in [-0.05, 0) is 31.6 Å². The highest BCUT2D eigenvalue weighted by molar-refractivity contribution is 6.39. The third-order valence-electron chi connectivity index (χ3n) is 3.54. The van der Waals surface area contributed by atoms with Gasteiger partial charge in [-0.2, -0.15) is 13.2 Å². The average Bonchev–Trinajstić information content (AvgIpc) is 2.28. The second-order valence-electron chi connectivity index (χ2n) is 5.83. The molecule has 1 nitrogen and oxygen atoms in total. The van der Waals surface area contributed by atoms with Crippen LogP contribution in [0, 0.1) is 5.92 Å². The Morgan fingerprint density at radius 2 is 2.05 bits per heavy atom. The van der Waals surface area contributed by atoms with E-state index in [2.05, 4.69) is 26.0 Å². The van der Waals surface area contributed by atoms with Crippen molar-refractivity contribution < 1.29 is 17.9 Å². The molecule has 0 saturated carbocycles. The van der Waals surface area contributed by atoms with Gasteiger partial charge in [0.2, 0.25) is 0 Å². The largest absolute Gasteiger partial charge is 0.388 e. The van der Waals surface area contributed by atoms with Gasteiger partial charge in [-0.25, -0.2) is 0 Å². The summed E-state index contributed by atoms with van der Waals surface area (Å²) in [4.78, 5) is 0. The molecule has 0 spiro atoms. The lowest BCUT2D eigenvalue weighted by Gasteiger charge is -2.37. The lowest BCUT2D eigenvalue weighted by molar-refractivity contribution is -0.130. The molecule has 0 N–H and O–H groups in total. The zero-order valence-corrected chi connectivity index (χ0v) is 13.3. The zero-order valence-electron chi connectivity index (χ0n) is 11.9. The molecule has 5 heteroatoms. The first-order chi connectivity index (χ1) is 8.83. The first-order valence-electron chi connectivity index (χ1n) is 7.20. The number of halogens is 3. The van der Waals surface area contributed by atoms with Crippen molar-refractivity contribution in [3.63, 3.8) is 0 Å². The van der Waals surface area contributed by atoms with Gasteiger partial charge in [0, 0.05) is 13.0 Å². The van der Waals surface area contributed by atoms with E-state index in [4.69, 9.17) is 4.74 Å². The molecule has 0 aromatic rings. The van der Waals surface area contributed by atoms with E-state index in [1.54, 1.807) is 0 Å². The Morgan fingerprint density at radius 1 is 1.32 bits per heavy atom. The van der Waals surface area contributed by atoms with Gasteiger partial charge in [0.1, 0.15) is 0 Å². The minimum atomic E-state index is -4.02. The van der Waals surface area contributed by atoms with Gasteiger partial charge in [0.05, 0.1) is 14.7 Å². The maximum Gasteiger partial charge on any atom is 0.388 e. The predicted molar refractivity (Wildman–Crippen MR) is 75.2 cm³/mol. The molecule has 1 saturated heterocycles. The third-order valence-corrected chi connectivity index (χ3v) is 6.00. The monoisotopic (exact) mass is 294 g/mol. The highest BCUT2D eigenvalue weighted by Gasteiger charge is 2.34. The van der Waals surface area contributed by atoms with Crippen molar-refractivity contribution in [2.75, 3.05) is 6.61 Å². The minimum absolute atomic E-state index is 0.213. The van der Waals surface area contributed by atoms with Crippen LogP contribution in [0.4, 0.5) is 13.2 Å². The molecular weight excluding hydrogens is 269 g/mol. The SMILES string of the molecule is CC(C)C=CCC1([SiH2]CCC(F)(F)F)CCCCO1. The molecule has 0 aromatic carbocycles. The van der Waals surface area contributed by atoms with Gasteiger partial charge in [0.25, 0.3) is 0 Å². The second-order valence-corrected chi connectivity index (χ2v) is 8.33. The fourth-order valence-electron chi connectivity index (χ4n) is 2.54. The van der Waals surface area contributed by atoms with Crippen molar-refractivity contribution in [1.29, 1.82) is 0 Å². The van der Waals surface area contributed by atoms with Crippen LogP contribution in [0.5, 0.6) is 0 Å². The summed E-state index contributed by atoms with van der Waals surface area (Å²) in [5.41, 5.74) is 0. The first kappa shape index (κ1) is 16.8. The summed E-state index contributed by atoms with van der Waals surface area (Å²) in [6, 6.07) is 0.305. The van der Waals surface area contributed by atoms with E-state index in [9.17, 15) is 13.2 Å². The summed E-state index contributed by atoms with van der Waals surface area (Å²) in [5, 5.41) is -0.213. The van der Waals surface area contributed by atoms with Crippen LogP contribution in [-0.2, 0) is 4.74 Å². The molecule has 112 valence electrons. The van der Waals surface area contributed by atoms with Crippen molar-refractivity contribution in [2.24, 2.45) is 5.92 Å². The summed E-state index contributed by atoms with van der Waals surface area (Å²) in [7, 11) is -0.859. The van der Waals surface area contributed by atoms with E-state index in [-0.39, 0.29) is 5.22 Å². The lowest BCUT2D eigenvalue weighted by Crippen LogP contribution is -2.42. The highest BCUT2D eigenvalue weighted by atomic mass is 28.2. The van der Waals surface area contributed by atoms with Gasteiger partial charge in [-0.1, -0.05) is 32.0 Å². The quantitative estimate of drug-likeness (QED) is 0.531. The van der Waals surface area contributed by atoms with Crippen molar-refractivity contribution in [2.45, 2.75) is 63.4 Å². The van der Waals surface area contributed by atoms with Crippen LogP contribution < -0.4 is 0 Å². The number of ether oxygens (including phenoxy) is 1. The van der Waals surface area contributed by atoms with E-state index in [0.717, 1.165) is 25.7 Å². The predicted octanol–water partition coefficient (Wildman–Crippen LogP) is 4.03. The Labute approximate surface area is 116 Å². The van der Waals surface area contributed by atoms with Gasteiger partial charge in [-0.15, -0.1) is 0 Å². The average molecular weight is 294 g/mol. The van der Waals surface area contributed by atoms with Gasteiger partial charge in [0.15, 0.2) is 0 Å². The fourth-order valence-corrected chi connectivity index (χ4v) is 4.92. The van der Waals surface area contributed by atoms with E-state index in [0.29, 0.717) is 18.6 Å². The lowest BCUT2D eigenvalue weighted by atomic mass is 10.0. The number of alkyl halides is 3. The van der Waals surface area contributed by atoms with E-state index >= 15 is 0 Å². The van der Waals surface area contributed by atoms with Crippen LogP contribution in [0.3, 0.4) is 0 Å². The molecule has 0 aliphatic carbocycles.